The molecule has 0 fully saturated rings. The molecule has 0 spiro atoms. The normalized spacial score (nSPS) is 13.9. The molecule has 0 aromatic carbocycles. The molecular formula is C12H19N3O2S. The lowest BCUT2D eigenvalue weighted by Crippen LogP contribution is -2.50. The summed E-state index contributed by atoms with van der Waals surface area (Å²) < 4.78 is 4.83. The highest BCUT2D eigenvalue weighted by molar-refractivity contribution is 7.99. The number of aromatic nitrogens is 2. The largest absolute Gasteiger partial charge is 0.468 e. The van der Waals surface area contributed by atoms with Crippen LogP contribution in [-0.4, -0.2) is 40.9 Å². The second-order valence-electron chi connectivity index (χ2n) is 4.00. The van der Waals surface area contributed by atoms with Gasteiger partial charge in [0.25, 0.3) is 0 Å². The Morgan fingerprint density at radius 3 is 2.89 bits per heavy atom. The lowest BCUT2D eigenvalue weighted by molar-refractivity contribution is -0.147. The molecule has 0 aliphatic rings. The summed E-state index contributed by atoms with van der Waals surface area (Å²) in [6, 6.07) is 0. The van der Waals surface area contributed by atoms with E-state index in [-0.39, 0.29) is 5.97 Å². The van der Waals surface area contributed by atoms with Crippen molar-refractivity contribution in [2.45, 2.75) is 30.8 Å². The molecule has 1 aromatic heterocycles. The number of carbonyl (C=O) groups is 1. The number of hydrogen-bond acceptors (Lipinski definition) is 6. The number of nitrogens with zero attached hydrogens (tertiary/aromatic N) is 2. The summed E-state index contributed by atoms with van der Waals surface area (Å²) in [4.78, 5) is 19.9. The van der Waals surface area contributed by atoms with Crippen LogP contribution in [0.15, 0.2) is 23.6 Å². The van der Waals surface area contributed by atoms with Crippen molar-refractivity contribution in [3.05, 3.63) is 18.6 Å². The SMILES string of the molecule is CCNC(C)(CCSc1cnccn1)C(=O)OC. The second-order valence-corrected chi connectivity index (χ2v) is 5.11. The Morgan fingerprint density at radius 2 is 2.33 bits per heavy atom. The molecule has 0 amide bonds. The first-order valence-corrected chi connectivity index (χ1v) is 6.83. The molecule has 100 valence electrons. The van der Waals surface area contributed by atoms with Gasteiger partial charge in [0.05, 0.1) is 13.3 Å². The molecule has 5 nitrogen and oxygen atoms in total. The maximum Gasteiger partial charge on any atom is 0.325 e. The van der Waals surface area contributed by atoms with Crippen molar-refractivity contribution in [1.29, 1.82) is 0 Å². The molecule has 0 aliphatic heterocycles. The van der Waals surface area contributed by atoms with Crippen molar-refractivity contribution < 1.29 is 9.53 Å². The number of thioether (sulfide) groups is 1. The Hall–Kier alpha value is -1.14. The third-order valence-electron chi connectivity index (χ3n) is 2.59. The summed E-state index contributed by atoms with van der Waals surface area (Å²) in [6.45, 7) is 4.55. The lowest BCUT2D eigenvalue weighted by Gasteiger charge is -2.27. The first-order chi connectivity index (χ1) is 8.62. The van der Waals surface area contributed by atoms with Crippen molar-refractivity contribution in [2.24, 2.45) is 0 Å². The third kappa shape index (κ3) is 4.27. The highest BCUT2D eigenvalue weighted by Gasteiger charge is 2.32. The van der Waals surface area contributed by atoms with E-state index in [1.54, 1.807) is 30.4 Å². The Morgan fingerprint density at radius 1 is 1.56 bits per heavy atom. The number of carbonyl (C=O) groups excluding carboxylic acids is 1. The van der Waals surface area contributed by atoms with Gasteiger partial charge in [-0.05, 0) is 19.9 Å². The molecule has 1 N–H and O–H groups in total. The zero-order valence-electron chi connectivity index (χ0n) is 11.0. The standard InChI is InChI=1S/C12H19N3O2S/c1-4-15-12(2,11(16)17-3)5-8-18-10-9-13-6-7-14-10/h6-7,9,15H,4-5,8H2,1-3H3. The second kappa shape index (κ2) is 7.33. The van der Waals surface area contributed by atoms with Crippen LogP contribution in [0, 0.1) is 0 Å². The van der Waals surface area contributed by atoms with Gasteiger partial charge in [-0.3, -0.25) is 9.78 Å². The van der Waals surface area contributed by atoms with Crippen LogP contribution in [-0.2, 0) is 9.53 Å². The summed E-state index contributed by atoms with van der Waals surface area (Å²) in [7, 11) is 1.41. The van der Waals surface area contributed by atoms with Gasteiger partial charge in [-0.2, -0.15) is 0 Å². The molecule has 0 aliphatic carbocycles. The van der Waals surface area contributed by atoms with Crippen LogP contribution in [0.2, 0.25) is 0 Å². The van der Waals surface area contributed by atoms with Gasteiger partial charge in [-0.1, -0.05) is 6.92 Å². The number of esters is 1. The van der Waals surface area contributed by atoms with Crippen molar-refractivity contribution in [1.82, 2.24) is 15.3 Å². The van der Waals surface area contributed by atoms with Crippen LogP contribution >= 0.6 is 11.8 Å². The van der Waals surface area contributed by atoms with Gasteiger partial charge in [-0.15, -0.1) is 11.8 Å². The molecule has 0 radical (unpaired) electrons. The summed E-state index contributed by atoms with van der Waals surface area (Å²) in [6.07, 6.45) is 5.69. The van der Waals surface area contributed by atoms with E-state index in [9.17, 15) is 4.79 Å². The Bertz CT molecular complexity index is 375. The van der Waals surface area contributed by atoms with Crippen molar-refractivity contribution >= 4 is 17.7 Å². The maximum absolute atomic E-state index is 11.7. The smallest absolute Gasteiger partial charge is 0.325 e. The molecule has 18 heavy (non-hydrogen) atoms. The van der Waals surface area contributed by atoms with Gasteiger partial charge in [0, 0.05) is 18.1 Å². The maximum atomic E-state index is 11.7. The molecule has 1 unspecified atom stereocenters. The molecule has 1 aromatic rings. The molecule has 6 heteroatoms. The van der Waals surface area contributed by atoms with Gasteiger partial charge in [-0.25, -0.2) is 4.98 Å². The monoisotopic (exact) mass is 269 g/mol. The minimum atomic E-state index is -0.640. The number of hydrogen-bond donors (Lipinski definition) is 1. The minimum absolute atomic E-state index is 0.232. The van der Waals surface area contributed by atoms with Crippen molar-refractivity contribution in [3.63, 3.8) is 0 Å². The molecule has 1 rings (SSSR count). The number of methoxy groups -OCH3 is 1. The van der Waals surface area contributed by atoms with Gasteiger partial charge in [0.1, 0.15) is 10.6 Å². The molecule has 1 heterocycles. The summed E-state index contributed by atoms with van der Waals surface area (Å²) in [5, 5.41) is 4.03. The van der Waals surface area contributed by atoms with Crippen LogP contribution in [0.5, 0.6) is 0 Å². The summed E-state index contributed by atoms with van der Waals surface area (Å²) >= 11 is 1.58. The van der Waals surface area contributed by atoms with E-state index in [1.165, 1.54) is 7.11 Å². The molecule has 0 saturated heterocycles. The average molecular weight is 269 g/mol. The van der Waals surface area contributed by atoms with E-state index in [0.29, 0.717) is 6.42 Å². The number of ether oxygens (including phenoxy) is 1. The molecule has 0 saturated carbocycles. The third-order valence-corrected chi connectivity index (χ3v) is 3.51. The molecule has 0 bridgehead atoms. The quantitative estimate of drug-likeness (QED) is 0.598. The topological polar surface area (TPSA) is 64.1 Å². The van der Waals surface area contributed by atoms with E-state index < -0.39 is 5.54 Å². The fraction of sp³-hybridized carbons (Fsp3) is 0.583. The Kier molecular flexibility index (Phi) is 6.07. The van der Waals surface area contributed by atoms with Gasteiger partial charge in [0.2, 0.25) is 0 Å². The minimum Gasteiger partial charge on any atom is -0.468 e. The van der Waals surface area contributed by atoms with Crippen LogP contribution < -0.4 is 5.32 Å². The fourth-order valence-electron chi connectivity index (χ4n) is 1.60. The predicted molar refractivity (Wildman–Crippen MR) is 71.5 cm³/mol. The zero-order chi connectivity index (χ0) is 13.4. The van der Waals surface area contributed by atoms with E-state index >= 15 is 0 Å². The fourth-order valence-corrected chi connectivity index (χ4v) is 2.59. The summed E-state index contributed by atoms with van der Waals surface area (Å²) in [5.41, 5.74) is -0.640. The van der Waals surface area contributed by atoms with Gasteiger partial charge < -0.3 is 10.1 Å². The van der Waals surface area contributed by atoms with E-state index in [1.807, 2.05) is 13.8 Å². The number of nitrogens with one attached hydrogen (secondary N) is 1. The van der Waals surface area contributed by atoms with Crippen molar-refractivity contribution in [3.8, 4) is 0 Å². The zero-order valence-corrected chi connectivity index (χ0v) is 11.8. The van der Waals surface area contributed by atoms with E-state index in [2.05, 4.69) is 15.3 Å². The molecule has 1 atom stereocenters. The highest BCUT2D eigenvalue weighted by Crippen LogP contribution is 2.20. The Balaban J connectivity index is 2.50. The Labute approximate surface area is 112 Å². The van der Waals surface area contributed by atoms with Gasteiger partial charge >= 0.3 is 5.97 Å². The van der Waals surface area contributed by atoms with Crippen LogP contribution in [0.4, 0.5) is 0 Å². The van der Waals surface area contributed by atoms with Gasteiger partial charge in [0.15, 0.2) is 0 Å². The first kappa shape index (κ1) is 14.9. The summed E-state index contributed by atoms with van der Waals surface area (Å²) in [5.74, 6) is 0.543. The number of likely N-dealkylation sites (N-methyl/N-ethyl adjacent to an activating group) is 1. The average Bonchev–Trinajstić information content (AvgIpc) is 2.39. The van der Waals surface area contributed by atoms with Crippen LogP contribution in [0.1, 0.15) is 20.3 Å². The van der Waals surface area contributed by atoms with Crippen molar-refractivity contribution in [2.75, 3.05) is 19.4 Å². The number of rotatable bonds is 7. The van der Waals surface area contributed by atoms with Crippen LogP contribution in [0.3, 0.4) is 0 Å². The van der Waals surface area contributed by atoms with E-state index in [4.69, 9.17) is 4.74 Å². The predicted octanol–water partition coefficient (Wildman–Crippen LogP) is 1.50. The lowest BCUT2D eigenvalue weighted by atomic mass is 9.99. The highest BCUT2D eigenvalue weighted by atomic mass is 32.2. The first-order valence-electron chi connectivity index (χ1n) is 5.84. The van der Waals surface area contributed by atoms with Crippen LogP contribution in [0.25, 0.3) is 0 Å². The molecular weight excluding hydrogens is 250 g/mol. The van der Waals surface area contributed by atoms with E-state index in [0.717, 1.165) is 17.3 Å².